The number of hydrogen-bond donors (Lipinski definition) is 1. The van der Waals surface area contributed by atoms with Crippen LogP contribution < -0.4 is 5.32 Å². The lowest BCUT2D eigenvalue weighted by Gasteiger charge is -2.06. The Balaban J connectivity index is 1.65. The number of hydrogen-bond acceptors (Lipinski definition) is 5. The molecule has 2 aromatic heterocycles. The smallest absolute Gasteiger partial charge is 0.252 e. The Kier molecular flexibility index (Phi) is 4.54. The highest BCUT2D eigenvalue weighted by molar-refractivity contribution is 5.83. The van der Waals surface area contributed by atoms with Crippen molar-refractivity contribution in [3.05, 3.63) is 76.9 Å². The molecule has 0 fully saturated rings. The van der Waals surface area contributed by atoms with Crippen molar-refractivity contribution >= 4 is 22.7 Å². The van der Waals surface area contributed by atoms with Crippen LogP contribution in [0.2, 0.25) is 0 Å². The van der Waals surface area contributed by atoms with Gasteiger partial charge in [-0.2, -0.15) is 4.98 Å². The van der Waals surface area contributed by atoms with Gasteiger partial charge >= 0.3 is 0 Å². The van der Waals surface area contributed by atoms with Crippen molar-refractivity contribution < 1.29 is 8.81 Å². The highest BCUT2D eigenvalue weighted by atomic mass is 19.1. The van der Waals surface area contributed by atoms with Gasteiger partial charge in [-0.25, -0.2) is 14.4 Å². The predicted molar refractivity (Wildman–Crippen MR) is 103 cm³/mol. The van der Waals surface area contributed by atoms with Crippen LogP contribution in [0.1, 0.15) is 28.1 Å². The summed E-state index contributed by atoms with van der Waals surface area (Å²) in [4.78, 5) is 13.1. The van der Waals surface area contributed by atoms with E-state index in [0.29, 0.717) is 34.9 Å². The fourth-order valence-corrected chi connectivity index (χ4v) is 3.06. The van der Waals surface area contributed by atoms with E-state index in [4.69, 9.17) is 4.42 Å². The Morgan fingerprint density at radius 2 is 1.74 bits per heavy atom. The number of anilines is 2. The van der Waals surface area contributed by atoms with Crippen molar-refractivity contribution in [1.82, 2.24) is 15.0 Å². The van der Waals surface area contributed by atoms with Crippen molar-refractivity contribution in [2.24, 2.45) is 0 Å². The van der Waals surface area contributed by atoms with E-state index in [1.165, 1.54) is 23.0 Å². The number of aryl methyl sites for hydroxylation is 2. The zero-order chi connectivity index (χ0) is 18.8. The molecule has 2 aromatic carbocycles. The average molecular weight is 362 g/mol. The number of rotatable bonds is 5. The Hall–Kier alpha value is -3.28. The first kappa shape index (κ1) is 17.1. The number of alkyl halides is 1. The summed E-state index contributed by atoms with van der Waals surface area (Å²) in [5.74, 6) is 1.16. The number of halogens is 1. The second-order valence-corrected chi connectivity index (χ2v) is 6.49. The fourth-order valence-electron chi connectivity index (χ4n) is 3.06. The third kappa shape index (κ3) is 3.51. The van der Waals surface area contributed by atoms with Gasteiger partial charge < -0.3 is 9.73 Å². The maximum Gasteiger partial charge on any atom is 0.252 e. The Morgan fingerprint density at radius 1 is 1.00 bits per heavy atom. The van der Waals surface area contributed by atoms with Gasteiger partial charge in [0, 0.05) is 12.1 Å². The second kappa shape index (κ2) is 7.15. The molecule has 4 rings (SSSR count). The molecule has 6 heteroatoms. The van der Waals surface area contributed by atoms with Crippen LogP contribution in [0.4, 0.5) is 15.9 Å². The largest absolute Gasteiger partial charge is 0.422 e. The molecule has 0 aliphatic heterocycles. The maximum absolute atomic E-state index is 12.7. The summed E-state index contributed by atoms with van der Waals surface area (Å²) in [6, 6.07) is 13.3. The monoisotopic (exact) mass is 362 g/mol. The Bertz CT molecular complexity index is 1070. The minimum atomic E-state index is -0.483. The minimum Gasteiger partial charge on any atom is -0.422 e. The number of aromatic nitrogens is 3. The lowest BCUT2D eigenvalue weighted by atomic mass is 10.0. The first-order chi connectivity index (χ1) is 13.1. The summed E-state index contributed by atoms with van der Waals surface area (Å²) < 4.78 is 18.5. The molecular weight excluding hydrogens is 343 g/mol. The molecule has 0 saturated heterocycles. The molecule has 0 amide bonds. The van der Waals surface area contributed by atoms with E-state index in [0.717, 1.165) is 5.69 Å². The average Bonchev–Trinajstić information content (AvgIpc) is 3.09. The van der Waals surface area contributed by atoms with Crippen LogP contribution in [-0.2, 0) is 13.1 Å². The van der Waals surface area contributed by atoms with Crippen LogP contribution in [0, 0.1) is 13.8 Å². The molecule has 0 saturated carbocycles. The number of fused-ring (bicyclic) bond motifs is 1. The molecule has 0 bridgehead atoms. The molecule has 136 valence electrons. The second-order valence-electron chi connectivity index (χ2n) is 6.49. The van der Waals surface area contributed by atoms with E-state index in [-0.39, 0.29) is 0 Å². The predicted octanol–water partition coefficient (Wildman–Crippen LogP) is 5.04. The van der Waals surface area contributed by atoms with Gasteiger partial charge in [-0.05, 0) is 48.2 Å². The molecule has 0 unspecified atom stereocenters. The first-order valence-electron chi connectivity index (χ1n) is 8.71. The molecular formula is C21H19FN4O. The maximum atomic E-state index is 12.7. The van der Waals surface area contributed by atoms with Crippen molar-refractivity contribution in [3.8, 4) is 0 Å². The standard InChI is InChI=1S/C21H19FN4O/c1-13-4-3-5-14(2)17(13)10-18-26-19-20(23-12-24-21(19)27-18)25-16-8-6-15(11-22)7-9-16/h3-9,12H,10-11H2,1-2H3,(H,23,24,25). The normalized spacial score (nSPS) is 11.1. The summed E-state index contributed by atoms with van der Waals surface area (Å²) in [5.41, 5.74) is 6.05. The number of nitrogens with one attached hydrogen (secondary N) is 1. The molecule has 2 heterocycles. The van der Waals surface area contributed by atoms with Crippen LogP contribution in [0.5, 0.6) is 0 Å². The van der Waals surface area contributed by atoms with E-state index in [1.54, 1.807) is 24.3 Å². The summed E-state index contributed by atoms with van der Waals surface area (Å²) in [5, 5.41) is 3.20. The molecule has 1 N–H and O–H groups in total. The molecule has 27 heavy (non-hydrogen) atoms. The van der Waals surface area contributed by atoms with Gasteiger partial charge in [0.25, 0.3) is 5.71 Å². The molecule has 0 aliphatic rings. The highest BCUT2D eigenvalue weighted by Gasteiger charge is 2.14. The zero-order valence-electron chi connectivity index (χ0n) is 15.2. The summed E-state index contributed by atoms with van der Waals surface area (Å²) in [6.07, 6.45) is 2.04. The van der Waals surface area contributed by atoms with Gasteiger partial charge in [0.1, 0.15) is 13.0 Å². The molecule has 5 nitrogen and oxygen atoms in total. The molecule has 0 radical (unpaired) electrons. The fraction of sp³-hybridized carbons (Fsp3) is 0.190. The van der Waals surface area contributed by atoms with Crippen molar-refractivity contribution in [1.29, 1.82) is 0 Å². The van der Waals surface area contributed by atoms with Gasteiger partial charge in [0.15, 0.2) is 11.3 Å². The van der Waals surface area contributed by atoms with Crippen LogP contribution >= 0.6 is 0 Å². The lowest BCUT2D eigenvalue weighted by Crippen LogP contribution is -1.97. The van der Waals surface area contributed by atoms with Crippen LogP contribution in [-0.4, -0.2) is 15.0 Å². The van der Waals surface area contributed by atoms with Gasteiger partial charge in [-0.15, -0.1) is 0 Å². The van der Waals surface area contributed by atoms with E-state index in [9.17, 15) is 4.39 Å². The SMILES string of the molecule is Cc1cccc(C)c1Cc1nc2c(Nc3ccc(CF)cc3)ncnc2o1. The summed E-state index contributed by atoms with van der Waals surface area (Å²) in [7, 11) is 0. The third-order valence-electron chi connectivity index (χ3n) is 4.58. The minimum absolute atomic E-state index is 0.439. The van der Waals surface area contributed by atoms with Gasteiger partial charge in [-0.3, -0.25) is 0 Å². The molecule has 0 aliphatic carbocycles. The third-order valence-corrected chi connectivity index (χ3v) is 4.58. The number of oxazole rings is 1. The zero-order valence-corrected chi connectivity index (χ0v) is 15.2. The number of nitrogens with zero attached hydrogens (tertiary/aromatic N) is 3. The lowest BCUT2D eigenvalue weighted by molar-refractivity contribution is 0.485. The molecule has 4 aromatic rings. The van der Waals surface area contributed by atoms with E-state index in [2.05, 4.69) is 46.2 Å². The van der Waals surface area contributed by atoms with Gasteiger partial charge in [0.2, 0.25) is 5.89 Å². The van der Waals surface area contributed by atoms with Crippen LogP contribution in [0.3, 0.4) is 0 Å². The van der Waals surface area contributed by atoms with E-state index < -0.39 is 6.67 Å². The summed E-state index contributed by atoms with van der Waals surface area (Å²) >= 11 is 0. The summed E-state index contributed by atoms with van der Waals surface area (Å²) in [6.45, 7) is 3.68. The Morgan fingerprint density at radius 3 is 2.44 bits per heavy atom. The van der Waals surface area contributed by atoms with Gasteiger partial charge in [0.05, 0.1) is 0 Å². The van der Waals surface area contributed by atoms with Crippen molar-refractivity contribution in [2.45, 2.75) is 26.9 Å². The molecule has 0 spiro atoms. The van der Waals surface area contributed by atoms with E-state index >= 15 is 0 Å². The van der Waals surface area contributed by atoms with E-state index in [1.807, 2.05) is 6.07 Å². The first-order valence-corrected chi connectivity index (χ1v) is 8.71. The van der Waals surface area contributed by atoms with Crippen molar-refractivity contribution in [3.63, 3.8) is 0 Å². The molecule has 0 atom stereocenters. The van der Waals surface area contributed by atoms with Crippen LogP contribution in [0.15, 0.2) is 53.2 Å². The Labute approximate surface area is 156 Å². The quantitative estimate of drug-likeness (QED) is 0.539. The van der Waals surface area contributed by atoms with Crippen molar-refractivity contribution in [2.75, 3.05) is 5.32 Å². The highest BCUT2D eigenvalue weighted by Crippen LogP contribution is 2.25. The number of benzene rings is 2. The topological polar surface area (TPSA) is 63.8 Å². The van der Waals surface area contributed by atoms with Gasteiger partial charge in [-0.1, -0.05) is 30.3 Å². The van der Waals surface area contributed by atoms with Crippen LogP contribution in [0.25, 0.3) is 11.2 Å².